The van der Waals surface area contributed by atoms with Crippen LogP contribution in [-0.2, 0) is 16.1 Å². The van der Waals surface area contributed by atoms with Gasteiger partial charge in [0.2, 0.25) is 11.8 Å². The summed E-state index contributed by atoms with van der Waals surface area (Å²) in [4.78, 5) is 24.1. The zero-order valence-electron chi connectivity index (χ0n) is 12.4. The van der Waals surface area contributed by atoms with Gasteiger partial charge in [0.15, 0.2) is 0 Å². The predicted molar refractivity (Wildman–Crippen MR) is 72.6 cm³/mol. The lowest BCUT2D eigenvalue weighted by molar-refractivity contribution is -0.162. The summed E-state index contributed by atoms with van der Waals surface area (Å²) in [5, 5.41) is 2.35. The molecule has 0 saturated carbocycles. The van der Waals surface area contributed by atoms with E-state index in [-0.39, 0.29) is 24.1 Å². The number of carbonyl (C=O) groups excluding carboxylic acids is 2. The van der Waals surface area contributed by atoms with E-state index < -0.39 is 25.2 Å². The summed E-state index contributed by atoms with van der Waals surface area (Å²) in [7, 11) is 0. The highest BCUT2D eigenvalue weighted by Crippen LogP contribution is 2.18. The molecule has 124 valence electrons. The van der Waals surface area contributed by atoms with Crippen molar-refractivity contribution < 1.29 is 27.2 Å². The number of hydrogen-bond acceptors (Lipinski definition) is 3. The van der Waals surface area contributed by atoms with Crippen LogP contribution in [0.25, 0.3) is 0 Å². The number of nitrogens with zero attached hydrogens (tertiary/aromatic N) is 1. The molecule has 0 spiro atoms. The van der Waals surface area contributed by atoms with Crippen LogP contribution in [0.4, 0.5) is 13.2 Å². The highest BCUT2D eigenvalue weighted by molar-refractivity contribution is 5.85. The first kappa shape index (κ1) is 18.1. The molecule has 1 atom stereocenters. The minimum atomic E-state index is -4.52. The summed E-state index contributed by atoms with van der Waals surface area (Å²) in [6, 6.07) is 3.00. The normalized spacial score (nSPS) is 12.8. The molecule has 22 heavy (non-hydrogen) atoms. The van der Waals surface area contributed by atoms with Crippen molar-refractivity contribution in [3.63, 3.8) is 0 Å². The molecule has 1 N–H and O–H groups in total. The Morgan fingerprint density at radius 2 is 2.09 bits per heavy atom. The van der Waals surface area contributed by atoms with Gasteiger partial charge in [-0.1, -0.05) is 13.8 Å². The van der Waals surface area contributed by atoms with Crippen molar-refractivity contribution >= 4 is 11.8 Å². The molecule has 0 unspecified atom stereocenters. The highest BCUT2D eigenvalue weighted by atomic mass is 19.4. The minimum Gasteiger partial charge on any atom is -0.467 e. The Bertz CT molecular complexity index is 486. The van der Waals surface area contributed by atoms with E-state index in [2.05, 4.69) is 5.32 Å². The summed E-state index contributed by atoms with van der Waals surface area (Å²) in [5.74, 6) is -1.23. The number of nitrogens with one attached hydrogen (secondary N) is 1. The van der Waals surface area contributed by atoms with E-state index in [9.17, 15) is 22.8 Å². The van der Waals surface area contributed by atoms with Crippen molar-refractivity contribution in [1.29, 1.82) is 0 Å². The number of halogens is 3. The molecule has 0 aliphatic rings. The molecular formula is C14H19F3N2O3. The Morgan fingerprint density at radius 3 is 2.59 bits per heavy atom. The van der Waals surface area contributed by atoms with Crippen molar-refractivity contribution in [3.05, 3.63) is 24.2 Å². The first-order chi connectivity index (χ1) is 10.2. The summed E-state index contributed by atoms with van der Waals surface area (Å²) in [6.07, 6.45) is -2.63. The Kier molecular flexibility index (Phi) is 6.45. The SMILES string of the molecule is CC[C@@H](C)C(=O)NCC(=O)N(Cc1ccco1)CC(F)(F)F. The molecule has 0 radical (unpaired) electrons. The number of furan rings is 1. The van der Waals surface area contributed by atoms with Gasteiger partial charge in [-0.15, -0.1) is 0 Å². The van der Waals surface area contributed by atoms with E-state index in [1.807, 2.05) is 0 Å². The zero-order chi connectivity index (χ0) is 16.8. The average molecular weight is 320 g/mol. The first-order valence-electron chi connectivity index (χ1n) is 6.87. The third-order valence-electron chi connectivity index (χ3n) is 3.12. The second kappa shape index (κ2) is 7.86. The minimum absolute atomic E-state index is 0.242. The van der Waals surface area contributed by atoms with Crippen LogP contribution >= 0.6 is 0 Å². The zero-order valence-corrected chi connectivity index (χ0v) is 12.4. The molecule has 2 amide bonds. The standard InChI is InChI=1S/C14H19F3N2O3/c1-3-10(2)13(21)18-7-12(20)19(9-14(15,16)17)8-11-5-4-6-22-11/h4-6,10H,3,7-9H2,1-2H3,(H,18,21)/t10-/m1/s1. The number of rotatable bonds is 7. The fourth-order valence-electron chi connectivity index (χ4n) is 1.67. The van der Waals surface area contributed by atoms with Crippen molar-refractivity contribution in [1.82, 2.24) is 10.2 Å². The van der Waals surface area contributed by atoms with Crippen LogP contribution in [0, 0.1) is 5.92 Å². The van der Waals surface area contributed by atoms with Gasteiger partial charge in [-0.25, -0.2) is 0 Å². The quantitative estimate of drug-likeness (QED) is 0.839. The molecule has 0 fully saturated rings. The van der Waals surface area contributed by atoms with Gasteiger partial charge in [0.05, 0.1) is 19.4 Å². The van der Waals surface area contributed by atoms with E-state index in [1.54, 1.807) is 13.8 Å². The van der Waals surface area contributed by atoms with Crippen LogP contribution in [0.5, 0.6) is 0 Å². The lowest BCUT2D eigenvalue weighted by Gasteiger charge is -2.23. The summed E-state index contributed by atoms with van der Waals surface area (Å²) in [5.41, 5.74) is 0. The Morgan fingerprint density at radius 1 is 1.41 bits per heavy atom. The van der Waals surface area contributed by atoms with Crippen molar-refractivity contribution in [3.8, 4) is 0 Å². The van der Waals surface area contributed by atoms with Crippen LogP contribution in [0.3, 0.4) is 0 Å². The predicted octanol–water partition coefficient (Wildman–Crippen LogP) is 2.33. The van der Waals surface area contributed by atoms with Crippen molar-refractivity contribution in [2.24, 2.45) is 5.92 Å². The molecule has 0 aliphatic heterocycles. The molecule has 1 aromatic rings. The number of hydrogen-bond donors (Lipinski definition) is 1. The van der Waals surface area contributed by atoms with Gasteiger partial charge < -0.3 is 14.6 Å². The molecule has 1 rings (SSSR count). The molecule has 1 aromatic heterocycles. The maximum Gasteiger partial charge on any atom is 0.406 e. The molecule has 8 heteroatoms. The van der Waals surface area contributed by atoms with Crippen LogP contribution < -0.4 is 5.32 Å². The number of amides is 2. The third-order valence-corrected chi connectivity index (χ3v) is 3.12. The molecular weight excluding hydrogens is 301 g/mol. The largest absolute Gasteiger partial charge is 0.467 e. The number of carbonyl (C=O) groups is 2. The topological polar surface area (TPSA) is 62.6 Å². The molecule has 0 saturated heterocycles. The fraction of sp³-hybridized carbons (Fsp3) is 0.571. The van der Waals surface area contributed by atoms with Crippen molar-refractivity contribution in [2.45, 2.75) is 33.0 Å². The lowest BCUT2D eigenvalue weighted by atomic mass is 10.1. The second-order valence-corrected chi connectivity index (χ2v) is 4.97. The maximum absolute atomic E-state index is 12.6. The van der Waals surface area contributed by atoms with Crippen LogP contribution in [-0.4, -0.2) is 36.0 Å². The Hall–Kier alpha value is -1.99. The van der Waals surface area contributed by atoms with Gasteiger partial charge in [-0.2, -0.15) is 13.2 Å². The van der Waals surface area contributed by atoms with Gasteiger partial charge in [-0.3, -0.25) is 9.59 Å². The Labute approximate surface area is 126 Å². The van der Waals surface area contributed by atoms with Crippen LogP contribution in [0.15, 0.2) is 22.8 Å². The van der Waals surface area contributed by atoms with E-state index >= 15 is 0 Å². The van der Waals surface area contributed by atoms with Gasteiger partial charge >= 0.3 is 6.18 Å². The van der Waals surface area contributed by atoms with Crippen LogP contribution in [0.2, 0.25) is 0 Å². The maximum atomic E-state index is 12.6. The molecule has 0 aliphatic carbocycles. The fourth-order valence-corrected chi connectivity index (χ4v) is 1.67. The monoisotopic (exact) mass is 320 g/mol. The number of alkyl halides is 3. The summed E-state index contributed by atoms with van der Waals surface area (Å²) < 4.78 is 42.7. The van der Waals surface area contributed by atoms with Gasteiger partial charge in [0.1, 0.15) is 12.3 Å². The molecule has 0 aromatic carbocycles. The second-order valence-electron chi connectivity index (χ2n) is 4.97. The Balaban J connectivity index is 2.65. The van der Waals surface area contributed by atoms with Gasteiger partial charge in [0, 0.05) is 5.92 Å². The van der Waals surface area contributed by atoms with E-state index in [0.29, 0.717) is 11.3 Å². The smallest absolute Gasteiger partial charge is 0.406 e. The lowest BCUT2D eigenvalue weighted by Crippen LogP contribution is -2.44. The van der Waals surface area contributed by atoms with Gasteiger partial charge in [0.25, 0.3) is 0 Å². The summed E-state index contributed by atoms with van der Waals surface area (Å²) >= 11 is 0. The van der Waals surface area contributed by atoms with Crippen molar-refractivity contribution in [2.75, 3.05) is 13.1 Å². The summed E-state index contributed by atoms with van der Waals surface area (Å²) in [6.45, 7) is 1.31. The van der Waals surface area contributed by atoms with Gasteiger partial charge in [-0.05, 0) is 18.6 Å². The van der Waals surface area contributed by atoms with E-state index in [0.717, 1.165) is 0 Å². The molecule has 1 heterocycles. The third kappa shape index (κ3) is 6.19. The average Bonchev–Trinajstić information content (AvgIpc) is 2.94. The molecule has 0 bridgehead atoms. The van der Waals surface area contributed by atoms with E-state index in [4.69, 9.17) is 4.42 Å². The van der Waals surface area contributed by atoms with E-state index in [1.165, 1.54) is 18.4 Å². The highest BCUT2D eigenvalue weighted by Gasteiger charge is 2.33. The molecule has 5 nitrogen and oxygen atoms in total. The van der Waals surface area contributed by atoms with Crippen LogP contribution in [0.1, 0.15) is 26.0 Å². The first-order valence-corrected chi connectivity index (χ1v) is 6.87.